The maximum Gasteiger partial charge on any atom is 0.317 e. The van der Waals surface area contributed by atoms with Crippen LogP contribution in [0.3, 0.4) is 0 Å². The fourth-order valence-electron chi connectivity index (χ4n) is 2.80. The van der Waals surface area contributed by atoms with Gasteiger partial charge in [-0.05, 0) is 57.4 Å². The molecule has 20 heavy (non-hydrogen) atoms. The lowest BCUT2D eigenvalue weighted by molar-refractivity contribution is -0.162. The van der Waals surface area contributed by atoms with Gasteiger partial charge in [-0.25, -0.2) is 0 Å². The maximum absolute atomic E-state index is 12.8. The molecule has 0 heterocycles. The van der Waals surface area contributed by atoms with E-state index in [0.717, 1.165) is 35.7 Å². The predicted molar refractivity (Wildman–Crippen MR) is 85.1 cm³/mol. The standard InChI is InChI=1S/C16H20BrClO2/c1-15(2,3)20-14(19)16(8-4-5-9-16)12-10-11(18)6-7-13(12)17/h6-7,10H,4-5,8-9H2,1-3H3. The number of carbonyl (C=O) groups excluding carboxylic acids is 1. The van der Waals surface area contributed by atoms with Gasteiger partial charge in [0.05, 0.1) is 5.41 Å². The van der Waals surface area contributed by atoms with Crippen LogP contribution in [0.25, 0.3) is 0 Å². The minimum Gasteiger partial charge on any atom is -0.459 e. The summed E-state index contributed by atoms with van der Waals surface area (Å²) in [7, 11) is 0. The molecule has 0 radical (unpaired) electrons. The molecule has 1 aliphatic carbocycles. The van der Waals surface area contributed by atoms with Crippen LogP contribution in [-0.2, 0) is 14.9 Å². The van der Waals surface area contributed by atoms with Crippen LogP contribution < -0.4 is 0 Å². The van der Waals surface area contributed by atoms with Gasteiger partial charge in [0.2, 0.25) is 0 Å². The Kier molecular flexibility index (Phi) is 4.50. The van der Waals surface area contributed by atoms with Crippen molar-refractivity contribution >= 4 is 33.5 Å². The summed E-state index contributed by atoms with van der Waals surface area (Å²) in [5.41, 5.74) is -0.0777. The third kappa shape index (κ3) is 3.20. The van der Waals surface area contributed by atoms with Crippen molar-refractivity contribution in [2.75, 3.05) is 0 Å². The number of rotatable bonds is 2. The Morgan fingerprint density at radius 3 is 2.45 bits per heavy atom. The molecule has 0 atom stereocenters. The van der Waals surface area contributed by atoms with E-state index < -0.39 is 11.0 Å². The van der Waals surface area contributed by atoms with Gasteiger partial charge in [-0.1, -0.05) is 40.4 Å². The first kappa shape index (κ1) is 15.8. The molecule has 1 aromatic carbocycles. The normalized spacial score (nSPS) is 18.1. The van der Waals surface area contributed by atoms with Gasteiger partial charge < -0.3 is 4.74 Å². The van der Waals surface area contributed by atoms with Gasteiger partial charge in [-0.15, -0.1) is 0 Å². The Labute approximate surface area is 134 Å². The number of esters is 1. The van der Waals surface area contributed by atoms with E-state index >= 15 is 0 Å². The van der Waals surface area contributed by atoms with Gasteiger partial charge in [-0.3, -0.25) is 4.79 Å². The second-order valence-electron chi connectivity index (χ2n) is 6.42. The third-order valence-corrected chi connectivity index (χ3v) is 4.62. The number of ether oxygens (including phenoxy) is 1. The van der Waals surface area contributed by atoms with Crippen LogP contribution >= 0.6 is 27.5 Å². The van der Waals surface area contributed by atoms with Crippen molar-refractivity contribution in [1.82, 2.24) is 0 Å². The lowest BCUT2D eigenvalue weighted by Crippen LogP contribution is -2.39. The van der Waals surface area contributed by atoms with Crippen LogP contribution in [0, 0.1) is 0 Å². The zero-order valence-electron chi connectivity index (χ0n) is 12.1. The van der Waals surface area contributed by atoms with E-state index in [1.807, 2.05) is 39.0 Å². The van der Waals surface area contributed by atoms with Gasteiger partial charge in [0.15, 0.2) is 0 Å². The molecule has 0 saturated heterocycles. The van der Waals surface area contributed by atoms with Crippen LogP contribution in [0.15, 0.2) is 22.7 Å². The lowest BCUT2D eigenvalue weighted by Gasteiger charge is -2.32. The van der Waals surface area contributed by atoms with Crippen molar-refractivity contribution in [3.8, 4) is 0 Å². The first-order chi connectivity index (χ1) is 9.24. The van der Waals surface area contributed by atoms with Crippen LogP contribution in [0.4, 0.5) is 0 Å². The van der Waals surface area contributed by atoms with Gasteiger partial charge >= 0.3 is 5.97 Å². The SMILES string of the molecule is CC(C)(C)OC(=O)C1(c2cc(Cl)ccc2Br)CCCC1. The quantitative estimate of drug-likeness (QED) is 0.674. The second-order valence-corrected chi connectivity index (χ2v) is 7.71. The highest BCUT2D eigenvalue weighted by Gasteiger charge is 2.46. The van der Waals surface area contributed by atoms with Crippen LogP contribution in [0.2, 0.25) is 5.02 Å². The molecule has 2 nitrogen and oxygen atoms in total. The number of carbonyl (C=O) groups is 1. The first-order valence-electron chi connectivity index (χ1n) is 6.94. The number of hydrogen-bond donors (Lipinski definition) is 0. The molecular weight excluding hydrogens is 340 g/mol. The van der Waals surface area contributed by atoms with Crippen molar-refractivity contribution in [3.05, 3.63) is 33.3 Å². The number of hydrogen-bond acceptors (Lipinski definition) is 2. The fourth-order valence-corrected chi connectivity index (χ4v) is 3.60. The second kappa shape index (κ2) is 5.69. The monoisotopic (exact) mass is 358 g/mol. The molecule has 0 N–H and O–H groups in total. The van der Waals surface area contributed by atoms with Crippen molar-refractivity contribution in [1.29, 1.82) is 0 Å². The first-order valence-corrected chi connectivity index (χ1v) is 8.11. The summed E-state index contributed by atoms with van der Waals surface area (Å²) < 4.78 is 6.60. The Bertz CT molecular complexity index is 514. The molecule has 110 valence electrons. The van der Waals surface area contributed by atoms with Crippen molar-refractivity contribution in [2.24, 2.45) is 0 Å². The Hall–Kier alpha value is -0.540. The average molecular weight is 360 g/mol. The van der Waals surface area contributed by atoms with E-state index in [0.29, 0.717) is 5.02 Å². The Balaban J connectivity index is 2.44. The Morgan fingerprint density at radius 2 is 1.90 bits per heavy atom. The number of halogens is 2. The summed E-state index contributed by atoms with van der Waals surface area (Å²) in [6.45, 7) is 5.71. The van der Waals surface area contributed by atoms with E-state index in [2.05, 4.69) is 15.9 Å². The molecule has 4 heteroatoms. The summed E-state index contributed by atoms with van der Waals surface area (Å²) in [4.78, 5) is 12.8. The summed E-state index contributed by atoms with van der Waals surface area (Å²) in [6.07, 6.45) is 3.72. The summed E-state index contributed by atoms with van der Waals surface area (Å²) in [5, 5.41) is 0.651. The fraction of sp³-hybridized carbons (Fsp3) is 0.562. The zero-order chi connectivity index (χ0) is 15.0. The number of benzene rings is 1. The van der Waals surface area contributed by atoms with Crippen molar-refractivity contribution in [2.45, 2.75) is 57.5 Å². The lowest BCUT2D eigenvalue weighted by atomic mass is 9.78. The Morgan fingerprint density at radius 1 is 1.30 bits per heavy atom. The molecule has 0 amide bonds. The van der Waals surface area contributed by atoms with Gasteiger partial charge in [0, 0.05) is 9.50 Å². The molecule has 1 fully saturated rings. The molecule has 0 spiro atoms. The highest BCUT2D eigenvalue weighted by atomic mass is 79.9. The largest absolute Gasteiger partial charge is 0.459 e. The van der Waals surface area contributed by atoms with Crippen molar-refractivity contribution in [3.63, 3.8) is 0 Å². The molecule has 0 unspecified atom stereocenters. The van der Waals surface area contributed by atoms with Crippen molar-refractivity contribution < 1.29 is 9.53 Å². The molecule has 1 aliphatic rings. The summed E-state index contributed by atoms with van der Waals surface area (Å²) in [5.74, 6) is -0.134. The van der Waals surface area contributed by atoms with Crippen LogP contribution in [0.1, 0.15) is 52.0 Å². The highest BCUT2D eigenvalue weighted by Crippen LogP contribution is 2.46. The van der Waals surface area contributed by atoms with E-state index in [1.165, 1.54) is 0 Å². The smallest absolute Gasteiger partial charge is 0.317 e. The average Bonchev–Trinajstić information content (AvgIpc) is 2.80. The third-order valence-electron chi connectivity index (χ3n) is 3.69. The zero-order valence-corrected chi connectivity index (χ0v) is 14.5. The maximum atomic E-state index is 12.8. The minimum atomic E-state index is -0.559. The topological polar surface area (TPSA) is 26.3 Å². The summed E-state index contributed by atoms with van der Waals surface area (Å²) >= 11 is 9.68. The predicted octanol–water partition coefficient (Wildman–Crippen LogP) is 5.26. The molecule has 0 aliphatic heterocycles. The molecule has 1 aromatic rings. The van der Waals surface area contributed by atoms with Crippen LogP contribution in [0.5, 0.6) is 0 Å². The van der Waals surface area contributed by atoms with E-state index in [-0.39, 0.29) is 5.97 Å². The molecule has 1 saturated carbocycles. The molecule has 2 rings (SSSR count). The molecule has 0 bridgehead atoms. The molecule has 0 aromatic heterocycles. The van der Waals surface area contributed by atoms with E-state index in [1.54, 1.807) is 0 Å². The van der Waals surface area contributed by atoms with Gasteiger partial charge in [0.1, 0.15) is 5.60 Å². The van der Waals surface area contributed by atoms with Gasteiger partial charge in [-0.2, -0.15) is 0 Å². The summed E-state index contributed by atoms with van der Waals surface area (Å²) in [6, 6.07) is 5.62. The van der Waals surface area contributed by atoms with E-state index in [9.17, 15) is 4.79 Å². The van der Waals surface area contributed by atoms with E-state index in [4.69, 9.17) is 16.3 Å². The minimum absolute atomic E-state index is 0.134. The van der Waals surface area contributed by atoms with Gasteiger partial charge in [0.25, 0.3) is 0 Å². The highest BCUT2D eigenvalue weighted by molar-refractivity contribution is 9.10. The van der Waals surface area contributed by atoms with Crippen LogP contribution in [-0.4, -0.2) is 11.6 Å². The molecular formula is C16H20BrClO2.